The summed E-state index contributed by atoms with van der Waals surface area (Å²) in [6, 6.07) is 20.6. The van der Waals surface area contributed by atoms with Gasteiger partial charge in [0.25, 0.3) is 15.9 Å². The highest BCUT2D eigenvalue weighted by atomic mass is 32.2. The molecule has 0 saturated carbocycles. The number of sulfonamides is 1. The Hall–Kier alpha value is -3.85. The number of hydrogen-bond acceptors (Lipinski definition) is 6. The number of carbonyl (C=O) groups is 2. The Morgan fingerprint density at radius 1 is 0.943 bits per heavy atom. The molecule has 0 aromatic heterocycles. The minimum Gasteiger partial charge on any atom is -0.482 e. The van der Waals surface area contributed by atoms with Crippen molar-refractivity contribution in [2.45, 2.75) is 18.2 Å². The van der Waals surface area contributed by atoms with Gasteiger partial charge in [0.15, 0.2) is 13.2 Å². The standard InChI is InChI=1S/C26H26N2O6S/c1-19-7-13-23(14-8-19)35(31,32)27(2)21-9-11-22(12-10-21)33-18-26(30)34-17-25(29)28-16-15-20-5-3-4-6-24(20)28/h3-14H,15-18H2,1-2H3. The molecule has 0 N–H and O–H groups in total. The normalized spacial score (nSPS) is 12.7. The number of nitrogens with zero attached hydrogens (tertiary/aromatic N) is 2. The number of ether oxygens (including phenoxy) is 2. The molecule has 0 atom stereocenters. The molecule has 0 saturated heterocycles. The molecular weight excluding hydrogens is 468 g/mol. The van der Waals surface area contributed by atoms with Crippen LogP contribution >= 0.6 is 0 Å². The van der Waals surface area contributed by atoms with E-state index in [9.17, 15) is 18.0 Å². The smallest absolute Gasteiger partial charge is 0.344 e. The Bertz CT molecular complexity index is 1320. The first-order chi connectivity index (χ1) is 16.8. The molecule has 0 bridgehead atoms. The third kappa shape index (κ3) is 5.46. The molecule has 1 aliphatic heterocycles. The summed E-state index contributed by atoms with van der Waals surface area (Å²) in [4.78, 5) is 26.3. The van der Waals surface area contributed by atoms with Gasteiger partial charge < -0.3 is 14.4 Å². The van der Waals surface area contributed by atoms with E-state index in [0.29, 0.717) is 18.0 Å². The lowest BCUT2D eigenvalue weighted by Gasteiger charge is -2.20. The summed E-state index contributed by atoms with van der Waals surface area (Å²) in [6.07, 6.45) is 0.774. The monoisotopic (exact) mass is 494 g/mol. The van der Waals surface area contributed by atoms with E-state index in [1.807, 2.05) is 31.2 Å². The number of anilines is 2. The molecule has 3 aromatic rings. The zero-order valence-electron chi connectivity index (χ0n) is 19.5. The first-order valence-electron chi connectivity index (χ1n) is 11.1. The summed E-state index contributed by atoms with van der Waals surface area (Å²) in [5.41, 5.74) is 3.35. The molecule has 4 rings (SSSR count). The minimum absolute atomic E-state index is 0.195. The van der Waals surface area contributed by atoms with Crippen molar-refractivity contribution in [1.29, 1.82) is 0 Å². The summed E-state index contributed by atoms with van der Waals surface area (Å²) in [7, 11) is -2.24. The first-order valence-corrected chi connectivity index (χ1v) is 12.5. The number of fused-ring (bicyclic) bond motifs is 1. The number of carbonyl (C=O) groups excluding carboxylic acids is 2. The molecule has 0 unspecified atom stereocenters. The van der Waals surface area contributed by atoms with Crippen LogP contribution in [0, 0.1) is 6.92 Å². The van der Waals surface area contributed by atoms with Crippen molar-refractivity contribution in [3.63, 3.8) is 0 Å². The quantitative estimate of drug-likeness (QED) is 0.446. The van der Waals surface area contributed by atoms with Crippen LogP contribution in [0.2, 0.25) is 0 Å². The molecule has 1 aliphatic rings. The molecule has 0 radical (unpaired) electrons. The van der Waals surface area contributed by atoms with Crippen molar-refractivity contribution in [3.8, 4) is 5.75 Å². The second kappa shape index (κ2) is 10.2. The molecule has 35 heavy (non-hydrogen) atoms. The van der Waals surface area contributed by atoms with Crippen molar-refractivity contribution in [3.05, 3.63) is 83.9 Å². The predicted molar refractivity (Wildman–Crippen MR) is 132 cm³/mol. The molecule has 0 aliphatic carbocycles. The average Bonchev–Trinajstić information content (AvgIpc) is 3.30. The van der Waals surface area contributed by atoms with Crippen LogP contribution < -0.4 is 13.9 Å². The largest absolute Gasteiger partial charge is 0.482 e. The van der Waals surface area contributed by atoms with Gasteiger partial charge in [-0.15, -0.1) is 0 Å². The number of para-hydroxylation sites is 1. The van der Waals surface area contributed by atoms with Gasteiger partial charge in [0.2, 0.25) is 0 Å². The van der Waals surface area contributed by atoms with Gasteiger partial charge in [-0.2, -0.15) is 0 Å². The number of hydrogen-bond donors (Lipinski definition) is 0. The lowest BCUT2D eigenvalue weighted by Crippen LogP contribution is -2.33. The van der Waals surface area contributed by atoms with Crippen molar-refractivity contribution < 1.29 is 27.5 Å². The molecule has 9 heteroatoms. The minimum atomic E-state index is -3.71. The highest BCUT2D eigenvalue weighted by molar-refractivity contribution is 7.92. The number of esters is 1. The van der Waals surface area contributed by atoms with Gasteiger partial charge in [0.05, 0.1) is 10.6 Å². The van der Waals surface area contributed by atoms with E-state index in [-0.39, 0.29) is 24.0 Å². The number of aryl methyl sites for hydroxylation is 1. The lowest BCUT2D eigenvalue weighted by molar-refractivity contribution is -0.149. The Balaban J connectivity index is 1.28. The van der Waals surface area contributed by atoms with Gasteiger partial charge in [0.1, 0.15) is 5.75 Å². The maximum Gasteiger partial charge on any atom is 0.344 e. The summed E-state index contributed by atoms with van der Waals surface area (Å²) in [5, 5.41) is 0. The van der Waals surface area contributed by atoms with Crippen LogP contribution in [0.15, 0.2) is 77.7 Å². The van der Waals surface area contributed by atoms with E-state index in [0.717, 1.165) is 23.2 Å². The van der Waals surface area contributed by atoms with Crippen LogP contribution in [0.1, 0.15) is 11.1 Å². The highest BCUT2D eigenvalue weighted by Crippen LogP contribution is 2.27. The number of benzene rings is 3. The van der Waals surface area contributed by atoms with E-state index < -0.39 is 16.0 Å². The van der Waals surface area contributed by atoms with Gasteiger partial charge in [-0.25, -0.2) is 13.2 Å². The first kappa shape index (κ1) is 24.3. The molecule has 1 amide bonds. The van der Waals surface area contributed by atoms with Crippen molar-refractivity contribution in [1.82, 2.24) is 0 Å². The third-order valence-corrected chi connectivity index (χ3v) is 7.58. The maximum absolute atomic E-state index is 12.8. The van der Waals surface area contributed by atoms with E-state index in [2.05, 4.69) is 0 Å². The van der Waals surface area contributed by atoms with Gasteiger partial charge in [-0.1, -0.05) is 35.9 Å². The molecule has 0 fully saturated rings. The second-order valence-electron chi connectivity index (χ2n) is 8.15. The highest BCUT2D eigenvalue weighted by Gasteiger charge is 2.25. The van der Waals surface area contributed by atoms with Crippen LogP contribution in [-0.2, 0) is 30.8 Å². The molecule has 8 nitrogen and oxygen atoms in total. The van der Waals surface area contributed by atoms with E-state index in [1.54, 1.807) is 53.4 Å². The summed E-state index contributed by atoms with van der Waals surface area (Å²) in [5.74, 6) is -0.592. The Morgan fingerprint density at radius 2 is 1.63 bits per heavy atom. The van der Waals surface area contributed by atoms with Crippen LogP contribution in [-0.4, -0.2) is 47.1 Å². The molecule has 182 valence electrons. The van der Waals surface area contributed by atoms with Gasteiger partial charge in [-0.05, 0) is 61.4 Å². The zero-order valence-corrected chi connectivity index (χ0v) is 20.3. The fraction of sp³-hybridized carbons (Fsp3) is 0.231. The molecule has 3 aromatic carbocycles. The number of amides is 1. The van der Waals surface area contributed by atoms with Crippen LogP contribution in [0.25, 0.3) is 0 Å². The van der Waals surface area contributed by atoms with Crippen molar-refractivity contribution >= 4 is 33.3 Å². The van der Waals surface area contributed by atoms with Crippen molar-refractivity contribution in [2.75, 3.05) is 36.0 Å². The third-order valence-electron chi connectivity index (χ3n) is 5.78. The van der Waals surface area contributed by atoms with Gasteiger partial charge in [-0.3, -0.25) is 9.10 Å². The van der Waals surface area contributed by atoms with E-state index >= 15 is 0 Å². The van der Waals surface area contributed by atoms with Crippen LogP contribution in [0.3, 0.4) is 0 Å². The van der Waals surface area contributed by atoms with E-state index in [1.165, 1.54) is 11.4 Å². The summed E-state index contributed by atoms with van der Waals surface area (Å²) >= 11 is 0. The average molecular weight is 495 g/mol. The Morgan fingerprint density at radius 3 is 2.34 bits per heavy atom. The maximum atomic E-state index is 12.8. The number of rotatable bonds is 8. The fourth-order valence-electron chi connectivity index (χ4n) is 3.76. The SMILES string of the molecule is Cc1ccc(S(=O)(=O)N(C)c2ccc(OCC(=O)OCC(=O)N3CCc4ccccc43)cc2)cc1. The Kier molecular flexibility index (Phi) is 7.07. The van der Waals surface area contributed by atoms with Crippen molar-refractivity contribution in [2.24, 2.45) is 0 Å². The molecular formula is C26H26N2O6S. The van der Waals surface area contributed by atoms with Gasteiger partial charge >= 0.3 is 5.97 Å². The molecule has 1 heterocycles. The van der Waals surface area contributed by atoms with Crippen LogP contribution in [0.5, 0.6) is 5.75 Å². The second-order valence-corrected chi connectivity index (χ2v) is 10.1. The molecule has 0 spiro atoms. The topological polar surface area (TPSA) is 93.2 Å². The fourth-order valence-corrected chi connectivity index (χ4v) is 4.96. The van der Waals surface area contributed by atoms with E-state index in [4.69, 9.17) is 9.47 Å². The predicted octanol–water partition coefficient (Wildman–Crippen LogP) is 3.33. The Labute approximate surface area is 204 Å². The van der Waals surface area contributed by atoms with Crippen LogP contribution in [0.4, 0.5) is 11.4 Å². The van der Waals surface area contributed by atoms with Gasteiger partial charge in [0, 0.05) is 19.3 Å². The summed E-state index contributed by atoms with van der Waals surface area (Å²) in [6.45, 7) is 1.71. The zero-order chi connectivity index (χ0) is 25.0. The summed E-state index contributed by atoms with van der Waals surface area (Å²) < 4.78 is 37.4. The lowest BCUT2D eigenvalue weighted by atomic mass is 10.2.